The van der Waals surface area contributed by atoms with Gasteiger partial charge in [-0.3, -0.25) is 4.79 Å². The number of amides is 1. The zero-order valence-electron chi connectivity index (χ0n) is 16.4. The second kappa shape index (κ2) is 8.25. The van der Waals surface area contributed by atoms with Gasteiger partial charge in [-0.1, -0.05) is 31.2 Å². The van der Waals surface area contributed by atoms with Gasteiger partial charge in [0.2, 0.25) is 5.91 Å². The predicted octanol–water partition coefficient (Wildman–Crippen LogP) is 4.09. The largest absolute Gasteiger partial charge is 0.496 e. The van der Waals surface area contributed by atoms with Crippen molar-refractivity contribution in [3.63, 3.8) is 0 Å². The number of nitrogens with one attached hydrogen (secondary N) is 1. The molecular formula is C22H27N3O2. The summed E-state index contributed by atoms with van der Waals surface area (Å²) in [5, 5.41) is 3.08. The van der Waals surface area contributed by atoms with Crippen molar-refractivity contribution >= 4 is 11.6 Å². The van der Waals surface area contributed by atoms with Gasteiger partial charge >= 0.3 is 0 Å². The summed E-state index contributed by atoms with van der Waals surface area (Å²) in [6.45, 7) is 6.14. The van der Waals surface area contributed by atoms with E-state index in [0.717, 1.165) is 34.8 Å². The van der Waals surface area contributed by atoms with Gasteiger partial charge in [0.15, 0.2) is 0 Å². The number of carbonyl (C=O) groups is 1. The average Bonchev–Trinajstić information content (AvgIpc) is 3.11. The molecule has 0 bridgehead atoms. The van der Waals surface area contributed by atoms with E-state index >= 15 is 0 Å². The summed E-state index contributed by atoms with van der Waals surface area (Å²) >= 11 is 0. The van der Waals surface area contributed by atoms with Crippen LogP contribution in [-0.4, -0.2) is 28.4 Å². The summed E-state index contributed by atoms with van der Waals surface area (Å²) in [4.78, 5) is 17.3. The van der Waals surface area contributed by atoms with E-state index in [1.54, 1.807) is 7.11 Å². The fraction of sp³-hybridized carbons (Fsp3) is 0.364. The highest BCUT2D eigenvalue weighted by Gasteiger charge is 2.25. The molecule has 0 fully saturated rings. The van der Waals surface area contributed by atoms with Crippen LogP contribution in [0, 0.1) is 6.92 Å². The van der Waals surface area contributed by atoms with E-state index in [1.165, 1.54) is 0 Å². The van der Waals surface area contributed by atoms with Crippen molar-refractivity contribution in [1.82, 2.24) is 14.7 Å². The molecule has 0 aliphatic rings. The Morgan fingerprint density at radius 3 is 2.74 bits per heavy atom. The van der Waals surface area contributed by atoms with Crippen LogP contribution in [0.15, 0.2) is 48.7 Å². The molecule has 142 valence electrons. The summed E-state index contributed by atoms with van der Waals surface area (Å²) in [6.07, 6.45) is 3.11. The first-order valence-corrected chi connectivity index (χ1v) is 9.40. The third kappa shape index (κ3) is 3.97. The number of benzene rings is 1. The predicted molar refractivity (Wildman–Crippen MR) is 107 cm³/mol. The Morgan fingerprint density at radius 1 is 1.22 bits per heavy atom. The summed E-state index contributed by atoms with van der Waals surface area (Å²) in [6, 6.07) is 14.1. The van der Waals surface area contributed by atoms with E-state index in [2.05, 4.69) is 34.6 Å². The van der Waals surface area contributed by atoms with Gasteiger partial charge in [0.05, 0.1) is 12.8 Å². The van der Waals surface area contributed by atoms with E-state index < -0.39 is 0 Å². The number of rotatable bonds is 7. The molecule has 0 aliphatic carbocycles. The summed E-state index contributed by atoms with van der Waals surface area (Å²) in [5.74, 6) is 0.660. The molecule has 0 saturated heterocycles. The van der Waals surface area contributed by atoms with Gasteiger partial charge in [-0.05, 0) is 38.5 Å². The molecule has 2 heterocycles. The highest BCUT2D eigenvalue weighted by Crippen LogP contribution is 2.35. The first-order chi connectivity index (χ1) is 13.0. The summed E-state index contributed by atoms with van der Waals surface area (Å²) in [5.41, 5.74) is 3.95. The van der Waals surface area contributed by atoms with Crippen LogP contribution >= 0.6 is 0 Å². The lowest BCUT2D eigenvalue weighted by Crippen LogP contribution is -2.33. The maximum absolute atomic E-state index is 12.7. The SMILES string of the molecule is CCC(C)NC(=O)CC(c1ccccc1OC)c1cnc2cccc(C)n12. The van der Waals surface area contributed by atoms with Gasteiger partial charge in [0.25, 0.3) is 0 Å². The molecule has 5 nitrogen and oxygen atoms in total. The summed E-state index contributed by atoms with van der Waals surface area (Å²) in [7, 11) is 1.66. The van der Waals surface area contributed by atoms with Gasteiger partial charge in [-0.25, -0.2) is 4.98 Å². The maximum atomic E-state index is 12.7. The van der Waals surface area contributed by atoms with Crippen molar-refractivity contribution in [2.75, 3.05) is 7.11 Å². The lowest BCUT2D eigenvalue weighted by Gasteiger charge is -2.21. The van der Waals surface area contributed by atoms with E-state index in [9.17, 15) is 4.79 Å². The molecule has 1 aromatic carbocycles. The Labute approximate surface area is 160 Å². The van der Waals surface area contributed by atoms with E-state index in [4.69, 9.17) is 4.74 Å². The molecule has 0 saturated carbocycles. The number of aryl methyl sites for hydroxylation is 1. The van der Waals surface area contributed by atoms with E-state index in [0.29, 0.717) is 6.42 Å². The number of imidazole rings is 1. The first-order valence-electron chi connectivity index (χ1n) is 9.40. The number of fused-ring (bicyclic) bond motifs is 1. The molecule has 0 aliphatic heterocycles. The molecule has 3 rings (SSSR count). The third-order valence-corrected chi connectivity index (χ3v) is 5.03. The van der Waals surface area contributed by atoms with Crippen molar-refractivity contribution in [2.24, 2.45) is 0 Å². The van der Waals surface area contributed by atoms with Gasteiger partial charge < -0.3 is 14.5 Å². The minimum atomic E-state index is -0.152. The fourth-order valence-corrected chi connectivity index (χ4v) is 3.43. The van der Waals surface area contributed by atoms with Gasteiger partial charge in [-0.15, -0.1) is 0 Å². The highest BCUT2D eigenvalue weighted by atomic mass is 16.5. The minimum Gasteiger partial charge on any atom is -0.496 e. The molecule has 0 spiro atoms. The third-order valence-electron chi connectivity index (χ3n) is 5.03. The number of carbonyl (C=O) groups excluding carboxylic acids is 1. The zero-order chi connectivity index (χ0) is 19.4. The Balaban J connectivity index is 2.08. The van der Waals surface area contributed by atoms with E-state index in [1.807, 2.05) is 49.5 Å². The van der Waals surface area contributed by atoms with Crippen molar-refractivity contribution in [3.8, 4) is 5.75 Å². The fourth-order valence-electron chi connectivity index (χ4n) is 3.43. The number of ether oxygens (including phenoxy) is 1. The van der Waals surface area contributed by atoms with Crippen molar-refractivity contribution < 1.29 is 9.53 Å². The van der Waals surface area contributed by atoms with Gasteiger partial charge in [-0.2, -0.15) is 0 Å². The lowest BCUT2D eigenvalue weighted by molar-refractivity contribution is -0.121. The number of hydrogen-bond acceptors (Lipinski definition) is 3. The Hall–Kier alpha value is -2.82. The van der Waals surface area contributed by atoms with Crippen molar-refractivity contribution in [3.05, 3.63) is 65.6 Å². The van der Waals surface area contributed by atoms with Crippen LogP contribution in [0.25, 0.3) is 5.65 Å². The van der Waals surface area contributed by atoms with Crippen molar-refractivity contribution in [1.29, 1.82) is 0 Å². The molecule has 27 heavy (non-hydrogen) atoms. The van der Waals surface area contributed by atoms with Crippen LogP contribution < -0.4 is 10.1 Å². The first kappa shape index (κ1) is 19.0. The van der Waals surface area contributed by atoms with E-state index in [-0.39, 0.29) is 17.9 Å². The minimum absolute atomic E-state index is 0.0313. The second-order valence-electron chi connectivity index (χ2n) is 6.92. The number of para-hydroxylation sites is 1. The van der Waals surface area contributed by atoms with Crippen molar-refractivity contribution in [2.45, 2.75) is 45.6 Å². The smallest absolute Gasteiger partial charge is 0.221 e. The number of hydrogen-bond donors (Lipinski definition) is 1. The molecule has 0 radical (unpaired) electrons. The van der Waals surface area contributed by atoms with Crippen LogP contribution in [0.5, 0.6) is 5.75 Å². The molecule has 2 atom stereocenters. The van der Waals surface area contributed by atoms with Crippen LogP contribution in [0.4, 0.5) is 0 Å². The second-order valence-corrected chi connectivity index (χ2v) is 6.92. The summed E-state index contributed by atoms with van der Waals surface area (Å²) < 4.78 is 7.71. The standard InChI is InChI=1S/C22H27N3O2/c1-5-15(2)24-22(26)13-18(17-10-6-7-11-20(17)27-4)19-14-23-21-12-8-9-16(3)25(19)21/h6-12,14-15,18H,5,13H2,1-4H3,(H,24,26). The number of pyridine rings is 1. The topological polar surface area (TPSA) is 55.6 Å². The normalized spacial score (nSPS) is 13.3. The van der Waals surface area contributed by atoms with Crippen LogP contribution in [0.2, 0.25) is 0 Å². The molecule has 1 N–H and O–H groups in total. The number of nitrogens with zero attached hydrogens (tertiary/aromatic N) is 2. The maximum Gasteiger partial charge on any atom is 0.221 e. The monoisotopic (exact) mass is 365 g/mol. The Bertz CT molecular complexity index is 932. The number of aromatic nitrogens is 2. The molecular weight excluding hydrogens is 338 g/mol. The quantitative estimate of drug-likeness (QED) is 0.686. The molecule has 1 amide bonds. The molecule has 2 unspecified atom stereocenters. The molecule has 2 aromatic heterocycles. The van der Waals surface area contributed by atoms with Crippen LogP contribution in [0.1, 0.15) is 49.6 Å². The molecule has 3 aromatic rings. The number of methoxy groups -OCH3 is 1. The highest BCUT2D eigenvalue weighted by molar-refractivity contribution is 5.78. The molecule has 5 heteroatoms. The van der Waals surface area contributed by atoms with Crippen LogP contribution in [-0.2, 0) is 4.79 Å². The zero-order valence-corrected chi connectivity index (χ0v) is 16.4. The van der Waals surface area contributed by atoms with Gasteiger partial charge in [0, 0.05) is 35.8 Å². The van der Waals surface area contributed by atoms with Gasteiger partial charge in [0.1, 0.15) is 11.4 Å². The lowest BCUT2D eigenvalue weighted by atomic mass is 9.91. The van der Waals surface area contributed by atoms with Crippen LogP contribution in [0.3, 0.4) is 0 Å². The Kier molecular flexibility index (Phi) is 5.79. The Morgan fingerprint density at radius 2 is 2.00 bits per heavy atom. The average molecular weight is 365 g/mol.